The number of nitrogens with zero attached hydrogens (tertiary/aromatic N) is 4. The van der Waals surface area contributed by atoms with Gasteiger partial charge in [-0.2, -0.15) is 0 Å². The zero-order valence-electron chi connectivity index (χ0n) is 13.0. The van der Waals surface area contributed by atoms with E-state index in [0.29, 0.717) is 12.1 Å². The second-order valence-corrected chi connectivity index (χ2v) is 6.05. The number of morpholine rings is 1. The summed E-state index contributed by atoms with van der Waals surface area (Å²) < 4.78 is 7.72. The molecule has 1 saturated heterocycles. The topological polar surface area (TPSA) is 55.2 Å². The van der Waals surface area contributed by atoms with Crippen LogP contribution in [0, 0.1) is 0 Å². The van der Waals surface area contributed by atoms with Crippen LogP contribution in [0.25, 0.3) is 0 Å². The molecular weight excluding hydrogens is 254 g/mol. The highest BCUT2D eigenvalue weighted by Gasteiger charge is 2.22. The van der Waals surface area contributed by atoms with E-state index in [1.54, 1.807) is 0 Å². The van der Waals surface area contributed by atoms with Crippen LogP contribution in [0.1, 0.15) is 33.4 Å². The molecule has 0 spiro atoms. The lowest BCUT2D eigenvalue weighted by Gasteiger charge is -2.35. The van der Waals surface area contributed by atoms with Crippen molar-refractivity contribution in [2.75, 3.05) is 19.7 Å². The second-order valence-electron chi connectivity index (χ2n) is 6.05. The van der Waals surface area contributed by atoms with Crippen molar-refractivity contribution in [3.8, 4) is 0 Å². The van der Waals surface area contributed by atoms with E-state index in [4.69, 9.17) is 4.74 Å². The van der Waals surface area contributed by atoms with Gasteiger partial charge in [-0.15, -0.1) is 5.10 Å². The molecule has 0 radical (unpaired) electrons. The normalized spacial score (nSPS) is 21.0. The van der Waals surface area contributed by atoms with Gasteiger partial charge in [-0.25, -0.2) is 4.68 Å². The summed E-state index contributed by atoms with van der Waals surface area (Å²) in [6, 6.07) is 1.03. The summed E-state index contributed by atoms with van der Waals surface area (Å²) in [4.78, 5) is 2.45. The number of hydrogen-bond donors (Lipinski definition) is 1. The fraction of sp³-hybridized carbons (Fsp3) is 0.857. The summed E-state index contributed by atoms with van der Waals surface area (Å²) in [7, 11) is 0. The van der Waals surface area contributed by atoms with Gasteiger partial charge < -0.3 is 10.1 Å². The number of nitrogens with one attached hydrogen (secondary N) is 1. The Labute approximate surface area is 121 Å². The molecule has 20 heavy (non-hydrogen) atoms. The van der Waals surface area contributed by atoms with E-state index in [9.17, 15) is 0 Å². The van der Waals surface area contributed by atoms with Crippen LogP contribution >= 0.6 is 0 Å². The average Bonchev–Trinajstić information content (AvgIpc) is 2.84. The van der Waals surface area contributed by atoms with Crippen molar-refractivity contribution in [2.24, 2.45) is 0 Å². The molecule has 1 aromatic rings. The minimum atomic E-state index is 0.207. The van der Waals surface area contributed by atoms with Crippen LogP contribution in [0.15, 0.2) is 6.20 Å². The Bertz CT molecular complexity index is 404. The second kappa shape index (κ2) is 7.15. The minimum Gasteiger partial charge on any atom is -0.374 e. The summed E-state index contributed by atoms with van der Waals surface area (Å²) in [5, 5.41) is 11.7. The first-order chi connectivity index (χ1) is 9.54. The Hall–Kier alpha value is -0.980. The van der Waals surface area contributed by atoms with Crippen LogP contribution in [0.5, 0.6) is 0 Å². The summed E-state index contributed by atoms with van der Waals surface area (Å²) in [6.07, 6.45) is 2.21. The number of rotatable bonds is 6. The molecule has 1 aliphatic heterocycles. The molecule has 1 aliphatic rings. The summed E-state index contributed by atoms with van der Waals surface area (Å²) >= 11 is 0. The predicted molar refractivity (Wildman–Crippen MR) is 78.4 cm³/mol. The van der Waals surface area contributed by atoms with Crippen molar-refractivity contribution in [1.29, 1.82) is 0 Å². The summed E-state index contributed by atoms with van der Waals surface area (Å²) in [6.45, 7) is 13.0. The zero-order chi connectivity index (χ0) is 14.5. The van der Waals surface area contributed by atoms with E-state index >= 15 is 0 Å². The third-order valence-corrected chi connectivity index (χ3v) is 3.57. The van der Waals surface area contributed by atoms with Gasteiger partial charge in [-0.3, -0.25) is 4.90 Å². The lowest BCUT2D eigenvalue weighted by atomic mass is 10.2. The van der Waals surface area contributed by atoms with Crippen molar-refractivity contribution in [1.82, 2.24) is 25.2 Å². The van der Waals surface area contributed by atoms with Crippen molar-refractivity contribution in [3.05, 3.63) is 11.9 Å². The monoisotopic (exact) mass is 281 g/mol. The highest BCUT2D eigenvalue weighted by molar-refractivity contribution is 4.92. The highest BCUT2D eigenvalue weighted by Crippen LogP contribution is 2.10. The van der Waals surface area contributed by atoms with E-state index in [0.717, 1.165) is 38.5 Å². The fourth-order valence-electron chi connectivity index (χ4n) is 2.35. The molecule has 1 atom stereocenters. The van der Waals surface area contributed by atoms with Gasteiger partial charge in [0.15, 0.2) is 0 Å². The van der Waals surface area contributed by atoms with Gasteiger partial charge in [0, 0.05) is 37.9 Å². The van der Waals surface area contributed by atoms with Gasteiger partial charge in [0.1, 0.15) is 0 Å². The molecule has 6 nitrogen and oxygen atoms in total. The van der Waals surface area contributed by atoms with Gasteiger partial charge in [0.25, 0.3) is 0 Å². The zero-order valence-corrected chi connectivity index (χ0v) is 13.0. The Morgan fingerprint density at radius 2 is 2.20 bits per heavy atom. The molecule has 0 amide bonds. The first kappa shape index (κ1) is 15.4. The molecule has 0 saturated carbocycles. The SMILES string of the molecule is CC(C)NCc1cn(CC2CN(C(C)C)CCO2)nn1. The van der Waals surface area contributed by atoms with Crippen molar-refractivity contribution in [2.45, 2.75) is 59.0 Å². The van der Waals surface area contributed by atoms with Gasteiger partial charge in [-0.05, 0) is 13.8 Å². The van der Waals surface area contributed by atoms with Crippen molar-refractivity contribution < 1.29 is 4.74 Å². The number of ether oxygens (including phenoxy) is 1. The Balaban J connectivity index is 1.83. The van der Waals surface area contributed by atoms with Crippen LogP contribution in [0.4, 0.5) is 0 Å². The van der Waals surface area contributed by atoms with E-state index in [2.05, 4.69) is 48.2 Å². The fourth-order valence-corrected chi connectivity index (χ4v) is 2.35. The summed E-state index contributed by atoms with van der Waals surface area (Å²) in [5.74, 6) is 0. The van der Waals surface area contributed by atoms with Crippen LogP contribution in [-0.2, 0) is 17.8 Å². The van der Waals surface area contributed by atoms with Gasteiger partial charge in [-0.1, -0.05) is 19.1 Å². The van der Waals surface area contributed by atoms with Gasteiger partial charge in [0.05, 0.1) is 24.9 Å². The van der Waals surface area contributed by atoms with Crippen LogP contribution in [-0.4, -0.2) is 57.8 Å². The molecule has 0 aliphatic carbocycles. The van der Waals surface area contributed by atoms with Gasteiger partial charge in [0.2, 0.25) is 0 Å². The van der Waals surface area contributed by atoms with Crippen LogP contribution < -0.4 is 5.32 Å². The molecule has 1 unspecified atom stereocenters. The third kappa shape index (κ3) is 4.54. The lowest BCUT2D eigenvalue weighted by molar-refractivity contribution is -0.0471. The Morgan fingerprint density at radius 1 is 1.40 bits per heavy atom. The molecule has 2 rings (SSSR count). The van der Waals surface area contributed by atoms with E-state index < -0.39 is 0 Å². The van der Waals surface area contributed by atoms with Gasteiger partial charge >= 0.3 is 0 Å². The number of hydrogen-bond acceptors (Lipinski definition) is 5. The number of aromatic nitrogens is 3. The first-order valence-corrected chi connectivity index (χ1v) is 7.52. The molecule has 1 N–H and O–H groups in total. The van der Waals surface area contributed by atoms with E-state index in [1.807, 2.05) is 10.9 Å². The lowest BCUT2D eigenvalue weighted by Crippen LogP contribution is -2.47. The maximum Gasteiger partial charge on any atom is 0.0964 e. The molecule has 2 heterocycles. The first-order valence-electron chi connectivity index (χ1n) is 7.52. The van der Waals surface area contributed by atoms with Crippen molar-refractivity contribution in [3.63, 3.8) is 0 Å². The van der Waals surface area contributed by atoms with E-state index in [-0.39, 0.29) is 6.10 Å². The third-order valence-electron chi connectivity index (χ3n) is 3.57. The summed E-state index contributed by atoms with van der Waals surface area (Å²) in [5.41, 5.74) is 0.982. The van der Waals surface area contributed by atoms with Crippen LogP contribution in [0.2, 0.25) is 0 Å². The molecule has 6 heteroatoms. The maximum atomic E-state index is 5.82. The Morgan fingerprint density at radius 3 is 2.90 bits per heavy atom. The minimum absolute atomic E-state index is 0.207. The maximum absolute atomic E-state index is 5.82. The molecule has 114 valence electrons. The molecule has 0 aromatic carbocycles. The standard InChI is InChI=1S/C14H27N5O/c1-11(2)15-7-13-8-19(17-16-13)10-14-9-18(12(3)4)5-6-20-14/h8,11-12,14-15H,5-7,9-10H2,1-4H3. The predicted octanol–water partition coefficient (Wildman–Crippen LogP) is 0.885. The quantitative estimate of drug-likeness (QED) is 0.839. The largest absolute Gasteiger partial charge is 0.374 e. The molecule has 1 fully saturated rings. The molecule has 1 aromatic heterocycles. The average molecular weight is 281 g/mol. The van der Waals surface area contributed by atoms with E-state index in [1.165, 1.54) is 0 Å². The van der Waals surface area contributed by atoms with Crippen LogP contribution in [0.3, 0.4) is 0 Å². The highest BCUT2D eigenvalue weighted by atomic mass is 16.5. The molecule has 0 bridgehead atoms. The smallest absolute Gasteiger partial charge is 0.0964 e. The van der Waals surface area contributed by atoms with Crippen molar-refractivity contribution >= 4 is 0 Å². The Kier molecular flexibility index (Phi) is 5.51. The molecular formula is C14H27N5O.